The van der Waals surface area contributed by atoms with Crippen molar-refractivity contribution < 1.29 is 28.2 Å². The van der Waals surface area contributed by atoms with Gasteiger partial charge in [0.15, 0.2) is 11.5 Å². The number of rotatable bonds is 7. The van der Waals surface area contributed by atoms with Crippen molar-refractivity contribution in [1.29, 1.82) is 0 Å². The summed E-state index contributed by atoms with van der Waals surface area (Å²) >= 11 is 5.72. The van der Waals surface area contributed by atoms with E-state index in [1.165, 1.54) is 24.3 Å². The molecule has 0 saturated carbocycles. The van der Waals surface area contributed by atoms with Crippen LogP contribution in [0.1, 0.15) is 18.1 Å². The number of barbiturate groups is 1. The van der Waals surface area contributed by atoms with E-state index in [-0.39, 0.29) is 11.3 Å². The number of ether oxygens (including phenoxy) is 2. The number of benzene rings is 3. The topological polar surface area (TPSA) is 84.9 Å². The number of urea groups is 1. The maximum atomic E-state index is 13.7. The lowest BCUT2D eigenvalue weighted by molar-refractivity contribution is -0.122. The fourth-order valence-electron chi connectivity index (χ4n) is 3.48. The van der Waals surface area contributed by atoms with Crippen LogP contribution in [0.5, 0.6) is 11.5 Å². The molecule has 3 aromatic carbocycles. The Kier molecular flexibility index (Phi) is 8.04. The second-order valence-electron chi connectivity index (χ2n) is 7.62. The largest absolute Gasteiger partial charge is 0.490 e. The highest BCUT2D eigenvalue weighted by Crippen LogP contribution is 2.38. The Balaban J connectivity index is 1.66. The smallest absolute Gasteiger partial charge is 0.335 e. The number of halogens is 3. The number of nitrogens with one attached hydrogen (secondary N) is 1. The molecule has 36 heavy (non-hydrogen) atoms. The minimum absolute atomic E-state index is 0.00596. The Labute approximate surface area is 228 Å². The van der Waals surface area contributed by atoms with Gasteiger partial charge in [0.05, 0.1) is 16.8 Å². The van der Waals surface area contributed by atoms with Crippen LogP contribution in [0.25, 0.3) is 6.08 Å². The number of nitrogens with zero attached hydrogens (tertiary/aromatic N) is 1. The number of imide groups is 2. The van der Waals surface area contributed by atoms with Gasteiger partial charge in [-0.25, -0.2) is 14.1 Å². The summed E-state index contributed by atoms with van der Waals surface area (Å²) in [7, 11) is 0. The minimum Gasteiger partial charge on any atom is -0.490 e. The van der Waals surface area contributed by atoms with Crippen LogP contribution in [0.2, 0.25) is 0 Å². The third-order valence-electron chi connectivity index (χ3n) is 5.11. The molecule has 1 saturated heterocycles. The molecule has 3 aromatic rings. The first-order valence-corrected chi connectivity index (χ1v) is 12.6. The van der Waals surface area contributed by atoms with Crippen LogP contribution in [-0.2, 0) is 16.2 Å². The molecule has 7 nitrogen and oxygen atoms in total. The van der Waals surface area contributed by atoms with E-state index in [0.29, 0.717) is 39.6 Å². The van der Waals surface area contributed by atoms with Crippen molar-refractivity contribution in [2.24, 2.45) is 0 Å². The predicted octanol–water partition coefficient (Wildman–Crippen LogP) is 5.84. The van der Waals surface area contributed by atoms with Crippen molar-refractivity contribution in [3.05, 3.63) is 91.2 Å². The van der Waals surface area contributed by atoms with Gasteiger partial charge in [0.2, 0.25) is 0 Å². The highest BCUT2D eigenvalue weighted by atomic mass is 127. The Morgan fingerprint density at radius 3 is 2.50 bits per heavy atom. The molecule has 4 amide bonds. The van der Waals surface area contributed by atoms with Gasteiger partial charge in [-0.05, 0) is 105 Å². The normalized spacial score (nSPS) is 14.7. The number of hydrogen-bond acceptors (Lipinski definition) is 5. The van der Waals surface area contributed by atoms with Gasteiger partial charge in [0.25, 0.3) is 11.8 Å². The molecule has 0 bridgehead atoms. The van der Waals surface area contributed by atoms with Crippen LogP contribution in [0, 0.1) is 9.39 Å². The molecule has 1 heterocycles. The molecule has 0 unspecified atom stereocenters. The van der Waals surface area contributed by atoms with E-state index < -0.39 is 23.7 Å². The maximum absolute atomic E-state index is 13.7. The molecule has 0 aromatic heterocycles. The first kappa shape index (κ1) is 25.8. The summed E-state index contributed by atoms with van der Waals surface area (Å²) in [5, 5.41) is 2.12. The van der Waals surface area contributed by atoms with Gasteiger partial charge >= 0.3 is 6.03 Å². The number of carbonyl (C=O) groups is 3. The lowest BCUT2D eigenvalue weighted by Crippen LogP contribution is -2.54. The Morgan fingerprint density at radius 1 is 1.06 bits per heavy atom. The van der Waals surface area contributed by atoms with Crippen molar-refractivity contribution in [3.8, 4) is 11.5 Å². The Bertz CT molecular complexity index is 1380. The second-order valence-corrected chi connectivity index (χ2v) is 9.72. The van der Waals surface area contributed by atoms with Gasteiger partial charge in [-0.2, -0.15) is 0 Å². The van der Waals surface area contributed by atoms with Gasteiger partial charge in [-0.15, -0.1) is 0 Å². The van der Waals surface area contributed by atoms with Gasteiger partial charge in [-0.3, -0.25) is 14.9 Å². The summed E-state index contributed by atoms with van der Waals surface area (Å²) in [6.45, 7) is 2.48. The molecular weight excluding hydrogens is 646 g/mol. The standard InChI is InChI=1S/C26H19BrFIN2O5/c1-2-35-22-12-16(11-21(27)23(22)36-14-15-6-8-18(29)9-7-15)10-20-24(32)30-26(34)31(25(20)33)19-5-3-4-17(28)13-19/h3-13H,2,14H2,1H3,(H,30,32,34)/b20-10+. The molecule has 0 radical (unpaired) electrons. The van der Waals surface area contributed by atoms with Gasteiger partial charge < -0.3 is 9.47 Å². The summed E-state index contributed by atoms with van der Waals surface area (Å²) in [6.07, 6.45) is 1.34. The quantitative estimate of drug-likeness (QED) is 0.195. The van der Waals surface area contributed by atoms with Crippen LogP contribution in [-0.4, -0.2) is 24.5 Å². The van der Waals surface area contributed by atoms with Crippen molar-refractivity contribution >= 4 is 68.1 Å². The van der Waals surface area contributed by atoms with E-state index in [2.05, 4.69) is 43.8 Å². The molecule has 4 rings (SSSR count). The van der Waals surface area contributed by atoms with Crippen LogP contribution in [0.15, 0.2) is 70.7 Å². The average Bonchev–Trinajstić information content (AvgIpc) is 2.82. The third-order valence-corrected chi connectivity index (χ3v) is 6.42. The van der Waals surface area contributed by atoms with E-state index >= 15 is 0 Å². The van der Waals surface area contributed by atoms with Crippen molar-refractivity contribution in [1.82, 2.24) is 5.32 Å². The highest BCUT2D eigenvalue weighted by Gasteiger charge is 2.37. The first-order valence-electron chi connectivity index (χ1n) is 10.8. The van der Waals surface area contributed by atoms with Crippen molar-refractivity contribution in [2.45, 2.75) is 13.5 Å². The van der Waals surface area contributed by atoms with E-state index in [4.69, 9.17) is 9.47 Å². The van der Waals surface area contributed by atoms with Crippen LogP contribution >= 0.6 is 38.5 Å². The monoisotopic (exact) mass is 664 g/mol. The minimum atomic E-state index is -0.955. The number of hydrogen-bond donors (Lipinski definition) is 1. The van der Waals surface area contributed by atoms with Crippen LogP contribution < -0.4 is 19.7 Å². The van der Waals surface area contributed by atoms with Gasteiger partial charge in [-0.1, -0.05) is 18.2 Å². The summed E-state index contributed by atoms with van der Waals surface area (Å²) in [4.78, 5) is 38.7. The average molecular weight is 665 g/mol. The predicted molar refractivity (Wildman–Crippen MR) is 144 cm³/mol. The third kappa shape index (κ3) is 5.76. The summed E-state index contributed by atoms with van der Waals surface area (Å²) in [5.41, 5.74) is 1.15. The molecular formula is C26H19BrFIN2O5. The Morgan fingerprint density at radius 2 is 1.81 bits per heavy atom. The maximum Gasteiger partial charge on any atom is 0.335 e. The zero-order valence-electron chi connectivity index (χ0n) is 18.9. The van der Waals surface area contributed by atoms with Crippen molar-refractivity contribution in [2.75, 3.05) is 11.5 Å². The molecule has 0 spiro atoms. The molecule has 10 heteroatoms. The van der Waals surface area contributed by atoms with E-state index in [1.807, 2.05) is 31.2 Å². The highest BCUT2D eigenvalue weighted by molar-refractivity contribution is 14.1. The lowest BCUT2D eigenvalue weighted by atomic mass is 10.1. The molecule has 1 aliphatic heterocycles. The SMILES string of the molecule is CCOc1cc(/C=C2\C(=O)NC(=O)N(c3cccc(F)c3)C2=O)cc(Br)c1OCc1ccc(I)cc1. The van der Waals surface area contributed by atoms with Crippen LogP contribution in [0.3, 0.4) is 0 Å². The number of anilines is 1. The zero-order chi connectivity index (χ0) is 25.8. The molecule has 0 atom stereocenters. The van der Waals surface area contributed by atoms with Crippen molar-refractivity contribution in [3.63, 3.8) is 0 Å². The fourth-order valence-corrected chi connectivity index (χ4v) is 4.42. The number of carbonyl (C=O) groups excluding carboxylic acids is 3. The molecule has 0 aliphatic carbocycles. The van der Waals surface area contributed by atoms with E-state index in [1.54, 1.807) is 12.1 Å². The Hall–Kier alpha value is -3.25. The zero-order valence-corrected chi connectivity index (χ0v) is 22.6. The van der Waals surface area contributed by atoms with Gasteiger partial charge in [0, 0.05) is 3.57 Å². The molecule has 1 aliphatic rings. The summed E-state index contributed by atoms with van der Waals surface area (Å²) in [6, 6.07) is 15.2. The van der Waals surface area contributed by atoms with E-state index in [9.17, 15) is 18.8 Å². The summed E-state index contributed by atoms with van der Waals surface area (Å²) < 4.78 is 27.1. The first-order chi connectivity index (χ1) is 17.3. The molecule has 1 fully saturated rings. The molecule has 1 N–H and O–H groups in total. The molecule has 184 valence electrons. The van der Waals surface area contributed by atoms with E-state index in [0.717, 1.165) is 15.2 Å². The fraction of sp³-hybridized carbons (Fsp3) is 0.115. The van der Waals surface area contributed by atoms with Gasteiger partial charge in [0.1, 0.15) is 18.0 Å². The second kappa shape index (κ2) is 11.2. The van der Waals surface area contributed by atoms with Crippen LogP contribution in [0.4, 0.5) is 14.9 Å². The lowest BCUT2D eigenvalue weighted by Gasteiger charge is -2.26. The summed E-state index contributed by atoms with van der Waals surface area (Å²) in [5.74, 6) is -1.48. The number of amides is 4.